The van der Waals surface area contributed by atoms with E-state index in [-0.39, 0.29) is 0 Å². The first-order chi connectivity index (χ1) is 29.7. The van der Waals surface area contributed by atoms with Gasteiger partial charge in [-0.05, 0) is 116 Å². The summed E-state index contributed by atoms with van der Waals surface area (Å²) in [5, 5.41) is 4.92. The number of para-hydroxylation sites is 2. The van der Waals surface area contributed by atoms with Crippen LogP contribution in [0.25, 0.3) is 82.8 Å². The van der Waals surface area contributed by atoms with Gasteiger partial charge >= 0.3 is 0 Å². The van der Waals surface area contributed by atoms with Crippen LogP contribution in [0.2, 0.25) is 0 Å². The van der Waals surface area contributed by atoms with E-state index in [2.05, 4.69) is 252 Å². The minimum absolute atomic E-state index is 1.07. The van der Waals surface area contributed by atoms with E-state index in [1.165, 1.54) is 49.3 Å². The van der Waals surface area contributed by atoms with Crippen molar-refractivity contribution >= 4 is 49.6 Å². The Morgan fingerprint density at radius 3 is 1.53 bits per heavy atom. The summed E-state index contributed by atoms with van der Waals surface area (Å²) in [6, 6.07) is 88.2. The minimum Gasteiger partial charge on any atom is -0.310 e. The van der Waals surface area contributed by atoms with E-state index in [0.717, 1.165) is 50.5 Å². The summed E-state index contributed by atoms with van der Waals surface area (Å²) in [5.41, 5.74) is 16.0. The molecule has 0 atom stereocenters. The highest BCUT2D eigenvalue weighted by molar-refractivity contribution is 6.10. The molecule has 0 aliphatic carbocycles. The van der Waals surface area contributed by atoms with Gasteiger partial charge in [0.25, 0.3) is 0 Å². The monoisotopic (exact) mass is 764 g/mol. The van der Waals surface area contributed by atoms with Gasteiger partial charge in [0.2, 0.25) is 0 Å². The second-order valence-electron chi connectivity index (χ2n) is 15.4. The van der Waals surface area contributed by atoms with Crippen molar-refractivity contribution in [2.24, 2.45) is 0 Å². The second-order valence-corrected chi connectivity index (χ2v) is 15.4. The Labute approximate surface area is 350 Å². The fraction of sp³-hybridized carbons (Fsp3) is 0. The van der Waals surface area contributed by atoms with Crippen LogP contribution in [0, 0.1) is 0 Å². The predicted octanol–water partition coefficient (Wildman–Crippen LogP) is 16.1. The lowest BCUT2D eigenvalue weighted by atomic mass is 9.94. The van der Waals surface area contributed by atoms with Gasteiger partial charge in [-0.3, -0.25) is 0 Å². The maximum atomic E-state index is 2.47. The van der Waals surface area contributed by atoms with Crippen LogP contribution >= 0.6 is 0 Å². The van der Waals surface area contributed by atoms with Crippen molar-refractivity contribution in [3.63, 3.8) is 0 Å². The summed E-state index contributed by atoms with van der Waals surface area (Å²) < 4.78 is 2.41. The topological polar surface area (TPSA) is 8.17 Å². The van der Waals surface area contributed by atoms with Crippen molar-refractivity contribution in [1.29, 1.82) is 0 Å². The van der Waals surface area contributed by atoms with Crippen molar-refractivity contribution in [1.82, 2.24) is 4.57 Å². The van der Waals surface area contributed by atoms with E-state index in [1.807, 2.05) is 0 Å². The van der Waals surface area contributed by atoms with Crippen molar-refractivity contribution < 1.29 is 0 Å². The standard InChI is InChI=1S/C58H40N2/c1-5-17-41(18-6-1)48-36-49(42-19-7-2-8-20-42)38-52(37-48)59(51-32-33-54-53-27-15-16-28-56(53)60(58(54)40-51)50-25-11-4-12-26-50)57-34-31-47(39-55(57)44-22-9-3-10-23-44)46-30-29-43-21-13-14-24-45(43)35-46/h1-40H. The third-order valence-corrected chi connectivity index (χ3v) is 11.7. The van der Waals surface area contributed by atoms with Crippen molar-refractivity contribution in [3.8, 4) is 50.2 Å². The molecule has 0 unspecified atom stereocenters. The molecule has 0 amide bonds. The fourth-order valence-corrected chi connectivity index (χ4v) is 8.84. The molecule has 0 N–H and O–H groups in total. The Morgan fingerprint density at radius 2 is 0.833 bits per heavy atom. The Kier molecular flexibility index (Phi) is 8.87. The Bertz CT molecular complexity index is 3240. The third kappa shape index (κ3) is 6.41. The molecule has 10 aromatic carbocycles. The van der Waals surface area contributed by atoms with Gasteiger partial charge in [-0.1, -0.05) is 176 Å². The van der Waals surface area contributed by atoms with Crippen LogP contribution in [0.1, 0.15) is 0 Å². The van der Waals surface area contributed by atoms with Crippen molar-refractivity contribution in [3.05, 3.63) is 243 Å². The molecule has 2 nitrogen and oxygen atoms in total. The van der Waals surface area contributed by atoms with Crippen LogP contribution in [0.4, 0.5) is 17.1 Å². The number of benzene rings is 10. The largest absolute Gasteiger partial charge is 0.310 e. The summed E-state index contributed by atoms with van der Waals surface area (Å²) >= 11 is 0. The maximum Gasteiger partial charge on any atom is 0.0561 e. The number of hydrogen-bond donors (Lipinski definition) is 0. The summed E-state index contributed by atoms with van der Waals surface area (Å²) in [4.78, 5) is 2.47. The Morgan fingerprint density at radius 1 is 0.283 bits per heavy atom. The van der Waals surface area contributed by atoms with Gasteiger partial charge in [0.05, 0.1) is 16.7 Å². The van der Waals surface area contributed by atoms with Gasteiger partial charge in [-0.15, -0.1) is 0 Å². The normalized spacial score (nSPS) is 11.3. The number of aromatic nitrogens is 1. The van der Waals surface area contributed by atoms with E-state index >= 15 is 0 Å². The number of rotatable bonds is 8. The van der Waals surface area contributed by atoms with Gasteiger partial charge in [0, 0.05) is 33.4 Å². The molecule has 11 rings (SSSR count). The highest BCUT2D eigenvalue weighted by atomic mass is 15.1. The van der Waals surface area contributed by atoms with Crippen LogP contribution in [-0.2, 0) is 0 Å². The van der Waals surface area contributed by atoms with E-state index < -0.39 is 0 Å². The molecule has 11 aromatic rings. The van der Waals surface area contributed by atoms with Gasteiger partial charge in [0.1, 0.15) is 0 Å². The molecule has 2 heteroatoms. The molecule has 0 radical (unpaired) electrons. The van der Waals surface area contributed by atoms with E-state index in [0.29, 0.717) is 0 Å². The van der Waals surface area contributed by atoms with E-state index in [1.54, 1.807) is 0 Å². The lowest BCUT2D eigenvalue weighted by Gasteiger charge is -2.30. The second kappa shape index (κ2) is 15.1. The molecule has 1 aromatic heterocycles. The highest BCUT2D eigenvalue weighted by Gasteiger charge is 2.22. The van der Waals surface area contributed by atoms with Crippen LogP contribution in [-0.4, -0.2) is 4.57 Å². The molecule has 0 saturated heterocycles. The van der Waals surface area contributed by atoms with E-state index in [4.69, 9.17) is 0 Å². The first-order valence-corrected chi connectivity index (χ1v) is 20.6. The quantitative estimate of drug-likeness (QED) is 0.150. The van der Waals surface area contributed by atoms with Gasteiger partial charge in [-0.25, -0.2) is 0 Å². The minimum atomic E-state index is 1.07. The molecule has 0 spiro atoms. The van der Waals surface area contributed by atoms with Gasteiger partial charge < -0.3 is 9.47 Å². The lowest BCUT2D eigenvalue weighted by molar-refractivity contribution is 1.18. The molecule has 282 valence electrons. The Hall–Kier alpha value is -7.94. The van der Waals surface area contributed by atoms with E-state index in [9.17, 15) is 0 Å². The maximum absolute atomic E-state index is 2.47. The van der Waals surface area contributed by atoms with Crippen LogP contribution in [0.3, 0.4) is 0 Å². The summed E-state index contributed by atoms with van der Waals surface area (Å²) in [7, 11) is 0. The number of anilines is 3. The summed E-state index contributed by atoms with van der Waals surface area (Å²) in [5.74, 6) is 0. The lowest BCUT2D eigenvalue weighted by Crippen LogP contribution is -2.12. The number of hydrogen-bond acceptors (Lipinski definition) is 1. The third-order valence-electron chi connectivity index (χ3n) is 11.7. The molecule has 0 saturated carbocycles. The van der Waals surface area contributed by atoms with Crippen LogP contribution < -0.4 is 4.90 Å². The highest BCUT2D eigenvalue weighted by Crippen LogP contribution is 2.46. The molecule has 0 aliphatic heterocycles. The molecular weight excluding hydrogens is 725 g/mol. The molecular formula is C58H40N2. The molecule has 0 fully saturated rings. The first kappa shape index (κ1) is 35.2. The zero-order valence-electron chi connectivity index (χ0n) is 33.0. The van der Waals surface area contributed by atoms with Crippen molar-refractivity contribution in [2.45, 2.75) is 0 Å². The smallest absolute Gasteiger partial charge is 0.0561 e. The van der Waals surface area contributed by atoms with Gasteiger partial charge in [0.15, 0.2) is 0 Å². The molecule has 0 aliphatic rings. The zero-order chi connectivity index (χ0) is 39.8. The van der Waals surface area contributed by atoms with Crippen LogP contribution in [0.15, 0.2) is 243 Å². The summed E-state index contributed by atoms with van der Waals surface area (Å²) in [6.07, 6.45) is 0. The molecule has 1 heterocycles. The predicted molar refractivity (Wildman–Crippen MR) is 255 cm³/mol. The number of nitrogens with zero attached hydrogens (tertiary/aromatic N) is 2. The molecule has 0 bridgehead atoms. The summed E-state index contributed by atoms with van der Waals surface area (Å²) in [6.45, 7) is 0. The zero-order valence-corrected chi connectivity index (χ0v) is 33.0. The SMILES string of the molecule is c1ccc(-c2cc(-c3ccccc3)cc(N(c3ccc4c5ccccc5n(-c5ccccc5)c4c3)c3ccc(-c4ccc5ccccc5c4)cc3-c3ccccc3)c2)cc1. The van der Waals surface area contributed by atoms with Crippen LogP contribution in [0.5, 0.6) is 0 Å². The Balaban J connectivity index is 1.21. The molecule has 60 heavy (non-hydrogen) atoms. The fourth-order valence-electron chi connectivity index (χ4n) is 8.84. The average molecular weight is 765 g/mol. The first-order valence-electron chi connectivity index (χ1n) is 20.6. The van der Waals surface area contributed by atoms with Crippen molar-refractivity contribution in [2.75, 3.05) is 4.90 Å². The van der Waals surface area contributed by atoms with Gasteiger partial charge in [-0.2, -0.15) is 0 Å². The average Bonchev–Trinajstić information content (AvgIpc) is 3.66. The number of fused-ring (bicyclic) bond motifs is 4.